The fraction of sp³-hybridized carbons (Fsp3) is 1.00. The van der Waals surface area contributed by atoms with Crippen LogP contribution >= 0.6 is 11.8 Å². The SMILES string of the molecule is O[C@H]1C[C@H]2C[C@@H]1CS2. The van der Waals surface area contributed by atoms with Crippen LogP contribution in [0.25, 0.3) is 0 Å². The normalized spacial score (nSPS) is 52.9. The molecule has 46 valence electrons. The second-order valence-corrected chi connectivity index (χ2v) is 4.09. The van der Waals surface area contributed by atoms with Crippen molar-refractivity contribution in [3.63, 3.8) is 0 Å². The molecule has 0 aromatic carbocycles. The largest absolute Gasteiger partial charge is 0.393 e. The van der Waals surface area contributed by atoms with Gasteiger partial charge in [0.05, 0.1) is 6.10 Å². The monoisotopic (exact) mass is 130 g/mol. The molecular formula is C6H10OS. The van der Waals surface area contributed by atoms with Crippen molar-refractivity contribution in [3.8, 4) is 0 Å². The van der Waals surface area contributed by atoms with E-state index in [0.29, 0.717) is 5.92 Å². The summed E-state index contributed by atoms with van der Waals surface area (Å²) >= 11 is 2.04. The zero-order valence-electron chi connectivity index (χ0n) is 4.71. The third kappa shape index (κ3) is 0.594. The van der Waals surface area contributed by atoms with Crippen molar-refractivity contribution >= 4 is 11.8 Å². The Bertz CT molecular complexity index is 103. The topological polar surface area (TPSA) is 20.2 Å². The van der Waals surface area contributed by atoms with E-state index >= 15 is 0 Å². The average Bonchev–Trinajstić information content (AvgIpc) is 2.23. The van der Waals surface area contributed by atoms with E-state index < -0.39 is 0 Å². The molecule has 0 radical (unpaired) electrons. The molecule has 1 nitrogen and oxygen atoms in total. The lowest BCUT2D eigenvalue weighted by Gasteiger charge is -2.14. The van der Waals surface area contributed by atoms with Crippen LogP contribution in [-0.2, 0) is 0 Å². The summed E-state index contributed by atoms with van der Waals surface area (Å²) in [6.45, 7) is 0. The van der Waals surface area contributed by atoms with Crippen LogP contribution in [0.15, 0.2) is 0 Å². The second-order valence-electron chi connectivity index (χ2n) is 2.75. The van der Waals surface area contributed by atoms with Gasteiger partial charge in [-0.2, -0.15) is 11.8 Å². The number of hydrogen-bond acceptors (Lipinski definition) is 2. The molecule has 2 heteroatoms. The van der Waals surface area contributed by atoms with Gasteiger partial charge in [0, 0.05) is 5.25 Å². The molecule has 0 unspecified atom stereocenters. The summed E-state index contributed by atoms with van der Waals surface area (Å²) in [5, 5.41) is 10.0. The summed E-state index contributed by atoms with van der Waals surface area (Å²) < 4.78 is 0. The minimum atomic E-state index is 0.0567. The number of rotatable bonds is 0. The van der Waals surface area contributed by atoms with Crippen molar-refractivity contribution in [2.75, 3.05) is 5.75 Å². The number of thioether (sulfide) groups is 1. The van der Waals surface area contributed by atoms with Crippen LogP contribution < -0.4 is 0 Å². The summed E-state index contributed by atoms with van der Waals surface area (Å²) in [4.78, 5) is 0. The molecule has 1 saturated carbocycles. The smallest absolute Gasteiger partial charge is 0.0587 e. The van der Waals surface area contributed by atoms with E-state index in [9.17, 15) is 5.11 Å². The van der Waals surface area contributed by atoms with E-state index in [1.807, 2.05) is 11.8 Å². The molecule has 2 bridgehead atoms. The maximum absolute atomic E-state index is 9.21. The lowest BCUT2D eigenvalue weighted by Crippen LogP contribution is -2.16. The Morgan fingerprint density at radius 2 is 2.25 bits per heavy atom. The summed E-state index contributed by atoms with van der Waals surface area (Å²) in [5.74, 6) is 1.87. The molecule has 2 aliphatic rings. The fourth-order valence-corrected chi connectivity index (χ4v) is 3.22. The van der Waals surface area contributed by atoms with Crippen molar-refractivity contribution in [1.29, 1.82) is 0 Å². The summed E-state index contributed by atoms with van der Waals surface area (Å²) in [6.07, 6.45) is 2.41. The van der Waals surface area contributed by atoms with Crippen molar-refractivity contribution in [2.45, 2.75) is 24.2 Å². The van der Waals surface area contributed by atoms with Gasteiger partial charge in [-0.1, -0.05) is 0 Å². The second kappa shape index (κ2) is 1.64. The van der Waals surface area contributed by atoms with Crippen molar-refractivity contribution < 1.29 is 5.11 Å². The zero-order valence-corrected chi connectivity index (χ0v) is 5.53. The maximum Gasteiger partial charge on any atom is 0.0587 e. The Morgan fingerprint density at radius 1 is 1.38 bits per heavy atom. The van der Waals surface area contributed by atoms with E-state index in [0.717, 1.165) is 11.7 Å². The molecule has 0 amide bonds. The highest BCUT2D eigenvalue weighted by molar-refractivity contribution is 8.00. The van der Waals surface area contributed by atoms with Gasteiger partial charge in [-0.3, -0.25) is 0 Å². The van der Waals surface area contributed by atoms with Crippen LogP contribution in [-0.4, -0.2) is 22.2 Å². The van der Waals surface area contributed by atoms with Gasteiger partial charge in [0.25, 0.3) is 0 Å². The van der Waals surface area contributed by atoms with Gasteiger partial charge in [0.2, 0.25) is 0 Å². The van der Waals surface area contributed by atoms with Crippen LogP contribution in [0.5, 0.6) is 0 Å². The first-order valence-electron chi connectivity index (χ1n) is 3.16. The van der Waals surface area contributed by atoms with E-state index in [1.165, 1.54) is 12.2 Å². The van der Waals surface area contributed by atoms with Gasteiger partial charge in [0.1, 0.15) is 0 Å². The van der Waals surface area contributed by atoms with Crippen LogP contribution in [0.1, 0.15) is 12.8 Å². The Morgan fingerprint density at radius 3 is 2.50 bits per heavy atom. The first-order valence-corrected chi connectivity index (χ1v) is 4.21. The highest BCUT2D eigenvalue weighted by atomic mass is 32.2. The summed E-state index contributed by atoms with van der Waals surface area (Å²) in [5.41, 5.74) is 0. The lowest BCUT2D eigenvalue weighted by molar-refractivity contribution is 0.142. The number of aliphatic hydroxyl groups excluding tert-OH is 1. The third-order valence-electron chi connectivity index (χ3n) is 2.16. The first-order chi connectivity index (χ1) is 3.86. The van der Waals surface area contributed by atoms with Crippen molar-refractivity contribution in [2.24, 2.45) is 5.92 Å². The number of hydrogen-bond donors (Lipinski definition) is 1. The Kier molecular flexibility index (Phi) is 1.05. The quantitative estimate of drug-likeness (QED) is 0.525. The molecule has 1 aliphatic heterocycles. The summed E-state index contributed by atoms with van der Waals surface area (Å²) in [7, 11) is 0. The van der Waals surface area contributed by atoms with Crippen molar-refractivity contribution in [3.05, 3.63) is 0 Å². The first kappa shape index (κ1) is 5.12. The van der Waals surface area contributed by atoms with E-state index in [2.05, 4.69) is 0 Å². The molecule has 8 heavy (non-hydrogen) atoms. The molecule has 1 heterocycles. The van der Waals surface area contributed by atoms with E-state index in [1.54, 1.807) is 0 Å². The van der Waals surface area contributed by atoms with Gasteiger partial charge in [0.15, 0.2) is 0 Å². The van der Waals surface area contributed by atoms with Gasteiger partial charge < -0.3 is 5.11 Å². The van der Waals surface area contributed by atoms with Crippen LogP contribution in [0, 0.1) is 5.92 Å². The predicted octanol–water partition coefficient (Wildman–Crippen LogP) is 0.873. The highest BCUT2D eigenvalue weighted by Gasteiger charge is 2.38. The third-order valence-corrected chi connectivity index (χ3v) is 3.64. The van der Waals surface area contributed by atoms with E-state index in [4.69, 9.17) is 0 Å². The zero-order chi connectivity index (χ0) is 5.56. The van der Waals surface area contributed by atoms with Crippen molar-refractivity contribution in [1.82, 2.24) is 0 Å². The molecule has 1 N–H and O–H groups in total. The molecule has 1 aliphatic carbocycles. The number of aliphatic hydroxyl groups is 1. The molecule has 0 spiro atoms. The molecule has 2 rings (SSSR count). The van der Waals surface area contributed by atoms with Crippen LogP contribution in [0.2, 0.25) is 0 Å². The van der Waals surface area contributed by atoms with Gasteiger partial charge in [-0.25, -0.2) is 0 Å². The fourth-order valence-electron chi connectivity index (χ4n) is 1.63. The van der Waals surface area contributed by atoms with Crippen LogP contribution in [0.4, 0.5) is 0 Å². The average molecular weight is 130 g/mol. The molecule has 2 fully saturated rings. The minimum absolute atomic E-state index is 0.0567. The predicted molar refractivity (Wildman–Crippen MR) is 35.0 cm³/mol. The molecule has 1 saturated heterocycles. The highest BCUT2D eigenvalue weighted by Crippen LogP contribution is 2.43. The van der Waals surface area contributed by atoms with Crippen LogP contribution in [0.3, 0.4) is 0 Å². The van der Waals surface area contributed by atoms with Gasteiger partial charge in [-0.05, 0) is 24.5 Å². The standard InChI is InChI=1S/C6H10OS/c7-6-2-5-1-4(6)3-8-5/h4-7H,1-3H2/t4-,5-,6+/m1/s1. The van der Waals surface area contributed by atoms with E-state index in [-0.39, 0.29) is 6.10 Å². The Labute approximate surface area is 53.5 Å². The van der Waals surface area contributed by atoms with Gasteiger partial charge >= 0.3 is 0 Å². The lowest BCUT2D eigenvalue weighted by atomic mass is 10.1. The Balaban J connectivity index is 2.11. The van der Waals surface area contributed by atoms with Gasteiger partial charge in [-0.15, -0.1) is 0 Å². The maximum atomic E-state index is 9.21. The molecular weight excluding hydrogens is 120 g/mol. The number of fused-ring (bicyclic) bond motifs is 2. The minimum Gasteiger partial charge on any atom is -0.393 e. The Hall–Kier alpha value is 0.310. The molecule has 3 atom stereocenters. The molecule has 0 aromatic heterocycles. The summed E-state index contributed by atoms with van der Waals surface area (Å²) in [6, 6.07) is 0. The molecule has 0 aromatic rings.